The van der Waals surface area contributed by atoms with E-state index < -0.39 is 17.5 Å². The van der Waals surface area contributed by atoms with E-state index in [2.05, 4.69) is 5.32 Å². The largest absolute Gasteiger partial charge is 0.347 e. The third-order valence-electron chi connectivity index (χ3n) is 4.96. The average Bonchev–Trinajstić information content (AvgIpc) is 3.00. The van der Waals surface area contributed by atoms with Gasteiger partial charge in [-0.3, -0.25) is 9.59 Å². The molecule has 2 amide bonds. The maximum atomic E-state index is 13.4. The van der Waals surface area contributed by atoms with E-state index in [1.807, 2.05) is 0 Å². The Morgan fingerprint density at radius 3 is 2.15 bits per heavy atom. The van der Waals surface area contributed by atoms with Gasteiger partial charge in [0, 0.05) is 25.1 Å². The number of nitrogens with zero attached hydrogens (tertiary/aromatic N) is 1. The van der Waals surface area contributed by atoms with Crippen LogP contribution < -0.4 is 5.32 Å². The third kappa shape index (κ3) is 2.73. The smallest absolute Gasteiger partial charge is 0.254 e. The molecule has 2 heterocycles. The molecular formula is C19H15F3N2O2. The van der Waals surface area contributed by atoms with Crippen molar-refractivity contribution in [2.24, 2.45) is 0 Å². The molecule has 2 aromatic carbocycles. The van der Waals surface area contributed by atoms with Crippen LogP contribution in [0.5, 0.6) is 0 Å². The average molecular weight is 360 g/mol. The zero-order chi connectivity index (χ0) is 18.5. The summed E-state index contributed by atoms with van der Waals surface area (Å²) in [6.07, 6.45) is 1.22. The molecule has 2 saturated heterocycles. The van der Waals surface area contributed by atoms with E-state index in [0.29, 0.717) is 30.6 Å². The first kappa shape index (κ1) is 16.6. The molecule has 0 bridgehead atoms. The van der Waals surface area contributed by atoms with E-state index in [-0.39, 0.29) is 22.9 Å². The Hall–Kier alpha value is -2.83. The van der Waals surface area contributed by atoms with Crippen LogP contribution in [0.1, 0.15) is 23.2 Å². The SMILES string of the molecule is O=C1CCC2(CN(C(=O)c3ccc(-c4cc(F)c(F)c(F)c4)cc3)C2)N1. The molecule has 26 heavy (non-hydrogen) atoms. The molecule has 1 N–H and O–H groups in total. The van der Waals surface area contributed by atoms with Crippen LogP contribution in [0.25, 0.3) is 11.1 Å². The molecule has 0 unspecified atom stereocenters. The highest BCUT2D eigenvalue weighted by molar-refractivity contribution is 5.96. The fourth-order valence-electron chi connectivity index (χ4n) is 3.55. The molecule has 0 aromatic heterocycles. The van der Waals surface area contributed by atoms with Crippen molar-refractivity contribution in [3.63, 3.8) is 0 Å². The molecule has 134 valence electrons. The predicted molar refractivity (Wildman–Crippen MR) is 87.8 cm³/mol. The highest BCUT2D eigenvalue weighted by Crippen LogP contribution is 2.32. The van der Waals surface area contributed by atoms with Crippen LogP contribution in [-0.4, -0.2) is 35.3 Å². The first-order chi connectivity index (χ1) is 12.4. The Morgan fingerprint density at radius 2 is 1.62 bits per heavy atom. The minimum atomic E-state index is -1.51. The minimum Gasteiger partial charge on any atom is -0.347 e. The van der Waals surface area contributed by atoms with Crippen LogP contribution in [0.4, 0.5) is 13.2 Å². The molecule has 0 atom stereocenters. The van der Waals surface area contributed by atoms with Crippen molar-refractivity contribution >= 4 is 11.8 Å². The molecule has 2 fully saturated rings. The Labute approximate surface area is 147 Å². The summed E-state index contributed by atoms with van der Waals surface area (Å²) in [6, 6.07) is 8.08. The van der Waals surface area contributed by atoms with Gasteiger partial charge in [0.1, 0.15) is 0 Å². The molecule has 2 aliphatic rings. The number of hydrogen-bond acceptors (Lipinski definition) is 2. The van der Waals surface area contributed by atoms with E-state index >= 15 is 0 Å². The molecule has 0 radical (unpaired) electrons. The van der Waals surface area contributed by atoms with Gasteiger partial charge in [0.15, 0.2) is 17.5 Å². The summed E-state index contributed by atoms with van der Waals surface area (Å²) in [4.78, 5) is 25.5. The van der Waals surface area contributed by atoms with Gasteiger partial charge >= 0.3 is 0 Å². The molecule has 2 aromatic rings. The number of rotatable bonds is 2. The van der Waals surface area contributed by atoms with Crippen molar-refractivity contribution in [1.29, 1.82) is 0 Å². The van der Waals surface area contributed by atoms with E-state index in [4.69, 9.17) is 0 Å². The van der Waals surface area contributed by atoms with Gasteiger partial charge in [-0.1, -0.05) is 12.1 Å². The normalized spacial score (nSPS) is 18.0. The predicted octanol–water partition coefficient (Wildman–Crippen LogP) is 2.88. The molecule has 4 nitrogen and oxygen atoms in total. The lowest BCUT2D eigenvalue weighted by Crippen LogP contribution is -2.68. The number of carbonyl (C=O) groups is 2. The van der Waals surface area contributed by atoms with Crippen molar-refractivity contribution in [3.05, 3.63) is 59.4 Å². The first-order valence-corrected chi connectivity index (χ1v) is 8.22. The lowest BCUT2D eigenvalue weighted by Gasteiger charge is -2.47. The maximum Gasteiger partial charge on any atom is 0.254 e. The molecule has 2 aliphatic heterocycles. The summed E-state index contributed by atoms with van der Waals surface area (Å²) in [6.45, 7) is 0.960. The number of halogens is 3. The van der Waals surface area contributed by atoms with Gasteiger partial charge in [0.25, 0.3) is 5.91 Å². The van der Waals surface area contributed by atoms with Gasteiger partial charge in [0.2, 0.25) is 5.91 Å². The van der Waals surface area contributed by atoms with E-state index in [1.54, 1.807) is 29.2 Å². The Kier molecular flexibility index (Phi) is 3.75. The van der Waals surface area contributed by atoms with Crippen LogP contribution >= 0.6 is 0 Å². The quantitative estimate of drug-likeness (QED) is 0.838. The molecule has 7 heteroatoms. The topological polar surface area (TPSA) is 49.4 Å². The molecule has 0 saturated carbocycles. The van der Waals surface area contributed by atoms with Gasteiger partial charge in [0.05, 0.1) is 5.54 Å². The number of likely N-dealkylation sites (tertiary alicyclic amines) is 1. The fourth-order valence-corrected chi connectivity index (χ4v) is 3.55. The fraction of sp³-hybridized carbons (Fsp3) is 0.263. The number of hydrogen-bond donors (Lipinski definition) is 1. The zero-order valence-electron chi connectivity index (χ0n) is 13.7. The Morgan fingerprint density at radius 1 is 1.00 bits per heavy atom. The lowest BCUT2D eigenvalue weighted by atomic mass is 9.87. The van der Waals surface area contributed by atoms with Crippen molar-refractivity contribution in [2.45, 2.75) is 18.4 Å². The standard InChI is InChI=1S/C19H15F3N2O2/c20-14-7-13(8-15(21)17(14)22)11-1-3-12(4-2-11)18(26)24-9-19(10-24)6-5-16(25)23-19/h1-4,7-8H,5-6,9-10H2,(H,23,25). The summed E-state index contributed by atoms with van der Waals surface area (Å²) >= 11 is 0. The minimum absolute atomic E-state index is 0.0141. The van der Waals surface area contributed by atoms with Gasteiger partial charge < -0.3 is 10.2 Å². The summed E-state index contributed by atoms with van der Waals surface area (Å²) < 4.78 is 39.8. The van der Waals surface area contributed by atoms with Crippen LogP contribution in [0, 0.1) is 17.5 Å². The van der Waals surface area contributed by atoms with Crippen molar-refractivity contribution in [3.8, 4) is 11.1 Å². The van der Waals surface area contributed by atoms with Gasteiger partial charge in [-0.15, -0.1) is 0 Å². The second-order valence-electron chi connectivity index (χ2n) is 6.82. The van der Waals surface area contributed by atoms with E-state index in [9.17, 15) is 22.8 Å². The van der Waals surface area contributed by atoms with Gasteiger partial charge in [-0.25, -0.2) is 13.2 Å². The van der Waals surface area contributed by atoms with E-state index in [1.165, 1.54) is 0 Å². The van der Waals surface area contributed by atoms with Crippen LogP contribution in [0.2, 0.25) is 0 Å². The maximum absolute atomic E-state index is 13.4. The number of amides is 2. The lowest BCUT2D eigenvalue weighted by molar-refractivity contribution is -0.120. The van der Waals surface area contributed by atoms with Crippen molar-refractivity contribution in [2.75, 3.05) is 13.1 Å². The number of nitrogens with one attached hydrogen (secondary N) is 1. The highest BCUT2D eigenvalue weighted by atomic mass is 19.2. The molecular weight excluding hydrogens is 345 g/mol. The van der Waals surface area contributed by atoms with Gasteiger partial charge in [-0.2, -0.15) is 0 Å². The van der Waals surface area contributed by atoms with Crippen LogP contribution in [0.15, 0.2) is 36.4 Å². The molecule has 4 rings (SSSR count). The number of carbonyl (C=O) groups excluding carboxylic acids is 2. The molecule has 1 spiro atoms. The Bertz CT molecular complexity index is 882. The number of benzene rings is 2. The second kappa shape index (κ2) is 5.86. The third-order valence-corrected chi connectivity index (χ3v) is 4.96. The second-order valence-corrected chi connectivity index (χ2v) is 6.82. The molecule has 0 aliphatic carbocycles. The van der Waals surface area contributed by atoms with E-state index in [0.717, 1.165) is 18.6 Å². The summed E-state index contributed by atoms with van der Waals surface area (Å²) in [5.41, 5.74) is 0.825. The van der Waals surface area contributed by atoms with Crippen LogP contribution in [0.3, 0.4) is 0 Å². The zero-order valence-corrected chi connectivity index (χ0v) is 13.7. The summed E-state index contributed by atoms with van der Waals surface area (Å²) in [7, 11) is 0. The summed E-state index contributed by atoms with van der Waals surface area (Å²) in [5.74, 6) is -4.18. The first-order valence-electron chi connectivity index (χ1n) is 8.22. The highest BCUT2D eigenvalue weighted by Gasteiger charge is 2.49. The van der Waals surface area contributed by atoms with Crippen LogP contribution in [-0.2, 0) is 4.79 Å². The van der Waals surface area contributed by atoms with Gasteiger partial charge in [-0.05, 0) is 41.8 Å². The summed E-state index contributed by atoms with van der Waals surface area (Å²) in [5, 5.41) is 2.91. The monoisotopic (exact) mass is 360 g/mol. The van der Waals surface area contributed by atoms with Crippen molar-refractivity contribution < 1.29 is 22.8 Å². The van der Waals surface area contributed by atoms with Crippen molar-refractivity contribution in [1.82, 2.24) is 10.2 Å². The Balaban J connectivity index is 1.48.